The summed E-state index contributed by atoms with van der Waals surface area (Å²) in [6.45, 7) is 0. The van der Waals surface area contributed by atoms with Gasteiger partial charge >= 0.3 is 6.18 Å². The van der Waals surface area contributed by atoms with Crippen molar-refractivity contribution in [2.24, 2.45) is 10.7 Å². The van der Waals surface area contributed by atoms with E-state index in [4.69, 9.17) is 40.5 Å². The Morgan fingerprint density at radius 2 is 1.88 bits per heavy atom. The van der Waals surface area contributed by atoms with Crippen LogP contribution in [0.5, 0.6) is 0 Å². The van der Waals surface area contributed by atoms with Gasteiger partial charge in [-0.25, -0.2) is 4.99 Å². The average molecular weight is 306 g/mol. The van der Waals surface area contributed by atoms with E-state index in [9.17, 15) is 13.2 Å². The fourth-order valence-corrected chi connectivity index (χ4v) is 1.66. The third-order valence-corrected chi connectivity index (χ3v) is 2.73. The van der Waals surface area contributed by atoms with Crippen LogP contribution in [0.15, 0.2) is 17.1 Å². The molecule has 0 heterocycles. The summed E-state index contributed by atoms with van der Waals surface area (Å²) >= 11 is 16.7. The number of nitrogens with zero attached hydrogens (tertiary/aromatic N) is 1. The highest BCUT2D eigenvalue weighted by Crippen LogP contribution is 2.42. The second-order valence-corrected chi connectivity index (χ2v) is 4.04. The van der Waals surface area contributed by atoms with Crippen LogP contribution in [-0.2, 0) is 6.18 Å². The molecule has 0 bridgehead atoms. The number of halogens is 6. The van der Waals surface area contributed by atoms with Crippen molar-refractivity contribution in [3.8, 4) is 0 Å². The van der Waals surface area contributed by atoms with Gasteiger partial charge in [-0.15, -0.1) is 11.6 Å². The number of aliphatic imine (C=N–C) groups is 1. The maximum absolute atomic E-state index is 12.5. The third-order valence-electron chi connectivity index (χ3n) is 1.76. The maximum Gasteiger partial charge on any atom is 0.417 e. The molecule has 1 aromatic rings. The minimum Gasteiger partial charge on any atom is -0.386 e. The molecule has 0 saturated heterocycles. The monoisotopic (exact) mass is 304 g/mol. The number of benzene rings is 1. The van der Waals surface area contributed by atoms with E-state index in [0.29, 0.717) is 0 Å². The number of rotatable bonds is 2. The van der Waals surface area contributed by atoms with Crippen LogP contribution >= 0.6 is 34.8 Å². The van der Waals surface area contributed by atoms with Gasteiger partial charge in [0, 0.05) is 0 Å². The highest BCUT2D eigenvalue weighted by Gasteiger charge is 2.34. The predicted octanol–water partition coefficient (Wildman–Crippen LogP) is 4.24. The Morgan fingerprint density at radius 1 is 1.29 bits per heavy atom. The van der Waals surface area contributed by atoms with E-state index in [0.717, 1.165) is 12.1 Å². The van der Waals surface area contributed by atoms with Gasteiger partial charge in [0.25, 0.3) is 0 Å². The van der Waals surface area contributed by atoms with E-state index in [2.05, 4.69) is 4.99 Å². The minimum absolute atomic E-state index is 0.0314. The van der Waals surface area contributed by atoms with Crippen molar-refractivity contribution >= 4 is 46.3 Å². The summed E-state index contributed by atoms with van der Waals surface area (Å²) in [5, 5.41) is -0.630. The summed E-state index contributed by atoms with van der Waals surface area (Å²) in [7, 11) is 0. The van der Waals surface area contributed by atoms with Gasteiger partial charge in [0.2, 0.25) is 0 Å². The molecule has 8 heteroatoms. The summed E-state index contributed by atoms with van der Waals surface area (Å²) < 4.78 is 37.6. The molecule has 0 aromatic heterocycles. The van der Waals surface area contributed by atoms with E-state index in [1.54, 1.807) is 0 Å². The van der Waals surface area contributed by atoms with Crippen LogP contribution < -0.4 is 5.73 Å². The highest BCUT2D eigenvalue weighted by atomic mass is 35.5. The molecule has 0 aliphatic carbocycles. The number of hydrogen-bond acceptors (Lipinski definition) is 1. The second-order valence-electron chi connectivity index (χ2n) is 2.99. The topological polar surface area (TPSA) is 38.4 Å². The molecular formula is C9H6Cl3F3N2. The molecule has 1 rings (SSSR count). The summed E-state index contributed by atoms with van der Waals surface area (Å²) in [6, 6.07) is 1.83. The van der Waals surface area contributed by atoms with E-state index in [1.165, 1.54) is 0 Å². The van der Waals surface area contributed by atoms with Crippen LogP contribution in [0, 0.1) is 0 Å². The van der Waals surface area contributed by atoms with Crippen LogP contribution in [0.2, 0.25) is 10.0 Å². The quantitative estimate of drug-likeness (QED) is 0.495. The van der Waals surface area contributed by atoms with Crippen molar-refractivity contribution in [1.29, 1.82) is 0 Å². The lowest BCUT2D eigenvalue weighted by molar-refractivity contribution is -0.137. The van der Waals surface area contributed by atoms with Crippen LogP contribution in [0.25, 0.3) is 0 Å². The van der Waals surface area contributed by atoms with Gasteiger partial charge in [-0.05, 0) is 12.1 Å². The third kappa shape index (κ3) is 3.40. The number of hydrogen-bond donors (Lipinski definition) is 1. The summed E-state index contributed by atoms with van der Waals surface area (Å²) in [5.41, 5.74) is 4.06. The molecule has 1 aromatic carbocycles. The van der Waals surface area contributed by atoms with Gasteiger partial charge in [-0.1, -0.05) is 23.2 Å². The number of amidine groups is 1. The zero-order chi connectivity index (χ0) is 13.2. The molecule has 2 N–H and O–H groups in total. The molecule has 2 nitrogen and oxygen atoms in total. The molecule has 0 aliphatic rings. The molecular weight excluding hydrogens is 299 g/mol. The Balaban J connectivity index is 3.41. The molecule has 0 radical (unpaired) electrons. The summed E-state index contributed by atoms with van der Waals surface area (Å²) in [6.07, 6.45) is -4.58. The van der Waals surface area contributed by atoms with E-state index in [-0.39, 0.29) is 22.4 Å². The zero-order valence-corrected chi connectivity index (χ0v) is 10.4. The Morgan fingerprint density at radius 3 is 2.35 bits per heavy atom. The molecule has 0 fully saturated rings. The lowest BCUT2D eigenvalue weighted by Crippen LogP contribution is -2.12. The SMILES string of the molecule is NC(CCl)=Nc1c(Cl)ccc(C(F)(F)F)c1Cl. The molecule has 0 amide bonds. The smallest absolute Gasteiger partial charge is 0.386 e. The molecule has 0 saturated carbocycles. The lowest BCUT2D eigenvalue weighted by atomic mass is 10.2. The Labute approximate surface area is 110 Å². The van der Waals surface area contributed by atoms with Gasteiger partial charge in [0.15, 0.2) is 0 Å². The van der Waals surface area contributed by atoms with Crippen LogP contribution in [-0.4, -0.2) is 11.7 Å². The first-order valence-electron chi connectivity index (χ1n) is 4.21. The van der Waals surface area contributed by atoms with Crippen molar-refractivity contribution in [3.05, 3.63) is 27.7 Å². The first-order chi connectivity index (χ1) is 7.77. The number of nitrogens with two attached hydrogens (primary N) is 1. The van der Waals surface area contributed by atoms with Crippen molar-refractivity contribution in [3.63, 3.8) is 0 Å². The van der Waals surface area contributed by atoms with Gasteiger partial charge in [0.05, 0.1) is 21.5 Å². The molecule has 0 atom stereocenters. The zero-order valence-electron chi connectivity index (χ0n) is 8.15. The molecule has 17 heavy (non-hydrogen) atoms. The lowest BCUT2D eigenvalue weighted by Gasteiger charge is -2.11. The van der Waals surface area contributed by atoms with Gasteiger partial charge < -0.3 is 5.73 Å². The Hall–Kier alpha value is -0.650. The van der Waals surface area contributed by atoms with Crippen LogP contribution in [0.4, 0.5) is 18.9 Å². The van der Waals surface area contributed by atoms with Crippen LogP contribution in [0.3, 0.4) is 0 Å². The van der Waals surface area contributed by atoms with Crippen molar-refractivity contribution < 1.29 is 13.2 Å². The molecule has 0 spiro atoms. The predicted molar refractivity (Wildman–Crippen MR) is 63.5 cm³/mol. The second kappa shape index (κ2) is 5.33. The Bertz CT molecular complexity index is 458. The largest absolute Gasteiger partial charge is 0.417 e. The van der Waals surface area contributed by atoms with Gasteiger partial charge in [0.1, 0.15) is 11.5 Å². The van der Waals surface area contributed by atoms with Crippen molar-refractivity contribution in [2.45, 2.75) is 6.18 Å². The first kappa shape index (κ1) is 14.4. The number of alkyl halides is 4. The summed E-state index contributed by atoms with van der Waals surface area (Å²) in [5.74, 6) is -0.210. The highest BCUT2D eigenvalue weighted by molar-refractivity contribution is 6.39. The standard InChI is InChI=1S/C9H6Cl3F3N2/c10-3-6(16)17-8-5(11)2-1-4(7(8)12)9(13,14)15/h1-2H,3H2,(H2,16,17). The van der Waals surface area contributed by atoms with E-state index >= 15 is 0 Å². The van der Waals surface area contributed by atoms with Gasteiger partial charge in [-0.2, -0.15) is 13.2 Å². The fourth-order valence-electron chi connectivity index (χ4n) is 1.04. The van der Waals surface area contributed by atoms with Crippen molar-refractivity contribution in [1.82, 2.24) is 0 Å². The van der Waals surface area contributed by atoms with Gasteiger partial charge in [-0.3, -0.25) is 0 Å². The average Bonchev–Trinajstić information content (AvgIpc) is 2.21. The fraction of sp³-hybridized carbons (Fsp3) is 0.222. The normalized spacial score (nSPS) is 12.9. The summed E-state index contributed by atoms with van der Waals surface area (Å²) in [4.78, 5) is 3.65. The van der Waals surface area contributed by atoms with E-state index in [1.807, 2.05) is 0 Å². The van der Waals surface area contributed by atoms with E-state index < -0.39 is 16.8 Å². The van der Waals surface area contributed by atoms with Crippen LogP contribution in [0.1, 0.15) is 5.56 Å². The molecule has 0 unspecified atom stereocenters. The Kier molecular flexibility index (Phi) is 4.52. The van der Waals surface area contributed by atoms with Crippen molar-refractivity contribution in [2.75, 3.05) is 5.88 Å². The molecule has 0 aliphatic heterocycles. The molecule has 94 valence electrons. The minimum atomic E-state index is -4.58. The first-order valence-corrected chi connectivity index (χ1v) is 5.50. The maximum atomic E-state index is 12.5.